The molecule has 2 aromatic rings. The van der Waals surface area contributed by atoms with Crippen molar-refractivity contribution in [2.45, 2.75) is 13.5 Å². The third-order valence-electron chi connectivity index (χ3n) is 2.90. The zero-order chi connectivity index (χ0) is 15.4. The number of pyridine rings is 1. The highest BCUT2D eigenvalue weighted by Gasteiger charge is 2.23. The van der Waals surface area contributed by atoms with Crippen LogP contribution in [0.15, 0.2) is 35.1 Å². The van der Waals surface area contributed by atoms with E-state index in [0.29, 0.717) is 18.8 Å². The van der Waals surface area contributed by atoms with Crippen LogP contribution in [0.1, 0.15) is 23.0 Å². The molecule has 0 aromatic carbocycles. The van der Waals surface area contributed by atoms with E-state index in [4.69, 9.17) is 9.52 Å². The summed E-state index contributed by atoms with van der Waals surface area (Å²) in [5.74, 6) is -0.509. The van der Waals surface area contributed by atoms with Crippen molar-refractivity contribution in [1.82, 2.24) is 4.98 Å². The van der Waals surface area contributed by atoms with Gasteiger partial charge in [0.15, 0.2) is 0 Å². The lowest BCUT2D eigenvalue weighted by Crippen LogP contribution is -2.24. The van der Waals surface area contributed by atoms with Crippen LogP contribution in [0.3, 0.4) is 0 Å². The Balaban J connectivity index is 2.40. The van der Waals surface area contributed by atoms with Crippen LogP contribution in [-0.4, -0.2) is 27.5 Å². The Hall–Kier alpha value is -2.90. The van der Waals surface area contributed by atoms with E-state index in [1.54, 1.807) is 17.0 Å². The van der Waals surface area contributed by atoms with Crippen LogP contribution < -0.4 is 4.90 Å². The van der Waals surface area contributed by atoms with E-state index in [2.05, 4.69) is 4.98 Å². The van der Waals surface area contributed by atoms with E-state index >= 15 is 0 Å². The summed E-state index contributed by atoms with van der Waals surface area (Å²) in [6.45, 7) is 2.59. The summed E-state index contributed by atoms with van der Waals surface area (Å²) in [4.78, 5) is 27.0. The SMILES string of the molecule is CCN(Cc1ccco1)c1ncc(C(=O)O)cc1[N+](=O)[O-]. The van der Waals surface area contributed by atoms with Gasteiger partial charge in [-0.25, -0.2) is 9.78 Å². The molecule has 2 rings (SSSR count). The van der Waals surface area contributed by atoms with Gasteiger partial charge in [-0.1, -0.05) is 0 Å². The topological polar surface area (TPSA) is 110 Å². The van der Waals surface area contributed by atoms with Gasteiger partial charge in [-0.3, -0.25) is 10.1 Å². The fraction of sp³-hybridized carbons (Fsp3) is 0.231. The molecule has 1 N–H and O–H groups in total. The van der Waals surface area contributed by atoms with Crippen molar-refractivity contribution >= 4 is 17.5 Å². The largest absolute Gasteiger partial charge is 0.478 e. The lowest BCUT2D eigenvalue weighted by Gasteiger charge is -2.20. The molecule has 0 radical (unpaired) electrons. The van der Waals surface area contributed by atoms with Crippen molar-refractivity contribution in [2.75, 3.05) is 11.4 Å². The number of carbonyl (C=O) groups is 1. The smallest absolute Gasteiger partial charge is 0.337 e. The second-order valence-electron chi connectivity index (χ2n) is 4.22. The van der Waals surface area contributed by atoms with Crippen LogP contribution in [-0.2, 0) is 6.54 Å². The zero-order valence-electron chi connectivity index (χ0n) is 11.2. The number of anilines is 1. The molecular formula is C13H13N3O5. The van der Waals surface area contributed by atoms with Gasteiger partial charge in [0.1, 0.15) is 5.76 Å². The summed E-state index contributed by atoms with van der Waals surface area (Å²) in [6, 6.07) is 4.48. The van der Waals surface area contributed by atoms with Crippen LogP contribution in [0.2, 0.25) is 0 Å². The molecule has 21 heavy (non-hydrogen) atoms. The monoisotopic (exact) mass is 291 g/mol. The summed E-state index contributed by atoms with van der Waals surface area (Å²) in [7, 11) is 0. The highest BCUT2D eigenvalue weighted by Crippen LogP contribution is 2.27. The highest BCUT2D eigenvalue weighted by atomic mass is 16.6. The maximum absolute atomic E-state index is 11.1. The second kappa shape index (κ2) is 6.04. The van der Waals surface area contributed by atoms with E-state index in [1.165, 1.54) is 6.26 Å². The van der Waals surface area contributed by atoms with Gasteiger partial charge in [-0.2, -0.15) is 0 Å². The molecule has 8 nitrogen and oxygen atoms in total. The van der Waals surface area contributed by atoms with Gasteiger partial charge >= 0.3 is 11.7 Å². The molecule has 110 valence electrons. The number of nitro groups is 1. The lowest BCUT2D eigenvalue weighted by atomic mass is 10.2. The van der Waals surface area contributed by atoms with E-state index in [1.807, 2.05) is 6.92 Å². The van der Waals surface area contributed by atoms with Crippen LogP contribution >= 0.6 is 0 Å². The summed E-state index contributed by atoms with van der Waals surface area (Å²) >= 11 is 0. The Bertz CT molecular complexity index is 654. The molecule has 8 heteroatoms. The van der Waals surface area contributed by atoms with Gasteiger partial charge in [0.2, 0.25) is 5.82 Å². The molecule has 0 aliphatic carbocycles. The minimum Gasteiger partial charge on any atom is -0.478 e. The van der Waals surface area contributed by atoms with E-state index in [9.17, 15) is 14.9 Å². The Kier molecular flexibility index (Phi) is 4.17. The molecule has 0 spiro atoms. The van der Waals surface area contributed by atoms with Crippen molar-refractivity contribution in [2.24, 2.45) is 0 Å². The Labute approximate surface area is 119 Å². The maximum Gasteiger partial charge on any atom is 0.337 e. The number of aromatic nitrogens is 1. The summed E-state index contributed by atoms with van der Waals surface area (Å²) in [5, 5.41) is 20.0. The summed E-state index contributed by atoms with van der Waals surface area (Å²) < 4.78 is 5.22. The number of carboxylic acid groups (broad SMARTS) is 1. The van der Waals surface area contributed by atoms with Crippen LogP contribution in [0.5, 0.6) is 0 Å². The van der Waals surface area contributed by atoms with Crippen molar-refractivity contribution < 1.29 is 19.2 Å². The Morgan fingerprint density at radius 2 is 2.33 bits per heavy atom. The fourth-order valence-corrected chi connectivity index (χ4v) is 1.87. The molecule has 0 aliphatic rings. The van der Waals surface area contributed by atoms with Crippen molar-refractivity contribution in [1.29, 1.82) is 0 Å². The molecule has 0 bridgehead atoms. The number of carboxylic acids is 1. The first-order valence-electron chi connectivity index (χ1n) is 6.18. The van der Waals surface area contributed by atoms with Crippen molar-refractivity contribution in [3.05, 3.63) is 52.1 Å². The number of nitrogens with zero attached hydrogens (tertiary/aromatic N) is 3. The molecule has 0 saturated carbocycles. The van der Waals surface area contributed by atoms with Gasteiger partial charge in [-0.15, -0.1) is 0 Å². The number of furan rings is 1. The van der Waals surface area contributed by atoms with Gasteiger partial charge in [0.25, 0.3) is 0 Å². The van der Waals surface area contributed by atoms with Gasteiger partial charge < -0.3 is 14.4 Å². The fourth-order valence-electron chi connectivity index (χ4n) is 1.87. The molecule has 2 heterocycles. The predicted octanol–water partition coefficient (Wildman–Crippen LogP) is 2.31. The molecule has 2 aromatic heterocycles. The number of hydrogen-bond acceptors (Lipinski definition) is 6. The summed E-state index contributed by atoms with van der Waals surface area (Å²) in [6.07, 6.45) is 2.62. The minimum absolute atomic E-state index is 0.115. The quantitative estimate of drug-likeness (QED) is 0.642. The first-order chi connectivity index (χ1) is 10.0. The molecule has 0 fully saturated rings. The predicted molar refractivity (Wildman–Crippen MR) is 73.3 cm³/mol. The Morgan fingerprint density at radius 1 is 1.57 bits per heavy atom. The molecule has 0 unspecified atom stereocenters. The van der Waals surface area contributed by atoms with E-state index in [0.717, 1.165) is 12.3 Å². The van der Waals surface area contributed by atoms with Gasteiger partial charge in [0.05, 0.1) is 23.3 Å². The standard InChI is InChI=1S/C13H13N3O5/c1-2-15(8-10-4-3-5-21-10)12-11(16(19)20)6-9(7-14-12)13(17)18/h3-7H,2,8H2,1H3,(H,17,18). The average Bonchev–Trinajstić information content (AvgIpc) is 2.97. The first kappa shape index (κ1) is 14.5. The number of rotatable bonds is 6. The molecule has 0 saturated heterocycles. The normalized spacial score (nSPS) is 10.3. The van der Waals surface area contributed by atoms with Gasteiger partial charge in [-0.05, 0) is 19.1 Å². The highest BCUT2D eigenvalue weighted by molar-refractivity contribution is 5.88. The number of hydrogen-bond donors (Lipinski definition) is 1. The minimum atomic E-state index is -1.26. The lowest BCUT2D eigenvalue weighted by molar-refractivity contribution is -0.384. The van der Waals surface area contributed by atoms with Crippen molar-refractivity contribution in [3.63, 3.8) is 0 Å². The van der Waals surface area contributed by atoms with Crippen molar-refractivity contribution in [3.8, 4) is 0 Å². The van der Waals surface area contributed by atoms with Crippen LogP contribution in [0.4, 0.5) is 11.5 Å². The molecule has 0 atom stereocenters. The molecular weight excluding hydrogens is 278 g/mol. The third-order valence-corrected chi connectivity index (χ3v) is 2.90. The van der Waals surface area contributed by atoms with Gasteiger partial charge in [0, 0.05) is 18.8 Å². The number of aromatic carboxylic acids is 1. The third kappa shape index (κ3) is 3.16. The van der Waals surface area contributed by atoms with Crippen LogP contribution in [0.25, 0.3) is 0 Å². The Morgan fingerprint density at radius 3 is 2.86 bits per heavy atom. The zero-order valence-corrected chi connectivity index (χ0v) is 11.2. The first-order valence-corrected chi connectivity index (χ1v) is 6.18. The average molecular weight is 291 g/mol. The summed E-state index contributed by atoms with van der Waals surface area (Å²) in [5.41, 5.74) is -0.567. The van der Waals surface area contributed by atoms with E-state index in [-0.39, 0.29) is 17.1 Å². The second-order valence-corrected chi connectivity index (χ2v) is 4.22. The molecule has 0 aliphatic heterocycles. The molecule has 0 amide bonds. The maximum atomic E-state index is 11.1. The van der Waals surface area contributed by atoms with E-state index < -0.39 is 10.9 Å². The van der Waals surface area contributed by atoms with Crippen LogP contribution in [0, 0.1) is 10.1 Å².